The van der Waals surface area contributed by atoms with Gasteiger partial charge in [-0.2, -0.15) is 0 Å². The van der Waals surface area contributed by atoms with Crippen molar-refractivity contribution in [3.8, 4) is 5.75 Å². The maximum absolute atomic E-state index is 13.4. The first-order valence-corrected chi connectivity index (χ1v) is 12.1. The molecule has 1 saturated heterocycles. The molecule has 186 valence electrons. The van der Waals surface area contributed by atoms with Gasteiger partial charge in [-0.25, -0.2) is 4.98 Å². The number of likely N-dealkylation sites (tertiary alicyclic amines) is 1. The van der Waals surface area contributed by atoms with Crippen molar-refractivity contribution in [3.63, 3.8) is 0 Å². The summed E-state index contributed by atoms with van der Waals surface area (Å²) in [6.07, 6.45) is 2.32. The fourth-order valence-electron chi connectivity index (χ4n) is 4.80. The number of nitrogens with zero attached hydrogens (tertiary/aromatic N) is 3. The van der Waals surface area contributed by atoms with E-state index in [4.69, 9.17) is 5.41 Å². The minimum atomic E-state index is -0.403. The molecule has 1 fully saturated rings. The van der Waals surface area contributed by atoms with Gasteiger partial charge in [-0.3, -0.25) is 15.0 Å². The van der Waals surface area contributed by atoms with Crippen LogP contribution in [-0.2, 0) is 29.9 Å². The quantitative estimate of drug-likeness (QED) is 0.548. The van der Waals surface area contributed by atoms with E-state index in [1.807, 2.05) is 26.8 Å². The molecule has 1 amide bonds. The van der Waals surface area contributed by atoms with Crippen LogP contribution in [0.3, 0.4) is 0 Å². The lowest BCUT2D eigenvalue weighted by molar-refractivity contribution is -0.133. The number of nitrogens with one attached hydrogen (secondary N) is 1. The second kappa shape index (κ2) is 9.41. The maximum Gasteiger partial charge on any atom is 0.222 e. The van der Waals surface area contributed by atoms with E-state index in [2.05, 4.69) is 4.98 Å². The highest BCUT2D eigenvalue weighted by atomic mass is 16.3. The Morgan fingerprint density at radius 2 is 1.89 bits per heavy atom. The van der Waals surface area contributed by atoms with E-state index in [1.165, 1.54) is 0 Å². The molecule has 4 rings (SSSR count). The van der Waals surface area contributed by atoms with Gasteiger partial charge in [0.25, 0.3) is 0 Å². The minimum absolute atomic E-state index is 0.000851. The highest BCUT2D eigenvalue weighted by molar-refractivity contribution is 6.04. The third-order valence-electron chi connectivity index (χ3n) is 6.90. The van der Waals surface area contributed by atoms with Crippen molar-refractivity contribution in [2.45, 2.75) is 72.1 Å². The number of aliphatic hydroxyl groups excluding tert-OH is 1. The van der Waals surface area contributed by atoms with Crippen LogP contribution in [0.5, 0.6) is 5.75 Å². The average Bonchev–Trinajstić information content (AvgIpc) is 3.09. The maximum atomic E-state index is 13.4. The van der Waals surface area contributed by atoms with E-state index < -0.39 is 5.41 Å². The van der Waals surface area contributed by atoms with E-state index in [0.717, 1.165) is 24.0 Å². The number of amides is 1. The number of ketones is 1. The number of hydrogen-bond donors (Lipinski definition) is 3. The lowest BCUT2D eigenvalue weighted by atomic mass is 9.83. The summed E-state index contributed by atoms with van der Waals surface area (Å²) in [7, 11) is 0. The van der Waals surface area contributed by atoms with Crippen LogP contribution in [0.25, 0.3) is 0 Å². The summed E-state index contributed by atoms with van der Waals surface area (Å²) >= 11 is 0. The Kier molecular flexibility index (Phi) is 6.68. The number of carbonyl (C=O) groups excluding carboxylic acids is 2. The van der Waals surface area contributed by atoms with Gasteiger partial charge in [-0.1, -0.05) is 20.8 Å². The number of hydrogen-bond acceptors (Lipinski definition) is 6. The summed E-state index contributed by atoms with van der Waals surface area (Å²) in [5, 5.41) is 29.1. The number of phenolic OH excluding ortho intramolecular Hbond substituents is 1. The van der Waals surface area contributed by atoms with Crippen LogP contribution >= 0.6 is 0 Å². The lowest BCUT2D eigenvalue weighted by Gasteiger charge is -2.29. The Hall–Kier alpha value is -3.26. The molecule has 3 heterocycles. The molecule has 2 aliphatic rings. The third-order valence-corrected chi connectivity index (χ3v) is 6.90. The zero-order valence-electron chi connectivity index (χ0n) is 20.9. The molecule has 0 aliphatic carbocycles. The summed E-state index contributed by atoms with van der Waals surface area (Å²) in [5.74, 6) is 0.219. The number of aromatic hydroxyl groups is 1. The van der Waals surface area contributed by atoms with Gasteiger partial charge in [0.1, 0.15) is 17.3 Å². The number of benzene rings is 1. The number of carbonyl (C=O) groups is 2. The van der Waals surface area contributed by atoms with Gasteiger partial charge >= 0.3 is 0 Å². The Balaban J connectivity index is 1.61. The zero-order chi connectivity index (χ0) is 25.5. The number of phenols is 1. The molecule has 8 heteroatoms. The zero-order valence-corrected chi connectivity index (χ0v) is 20.9. The van der Waals surface area contributed by atoms with Crippen molar-refractivity contribution in [3.05, 3.63) is 57.4 Å². The van der Waals surface area contributed by atoms with Crippen LogP contribution in [0.4, 0.5) is 0 Å². The second-order valence-electron chi connectivity index (χ2n) is 10.6. The first kappa shape index (κ1) is 24.9. The molecule has 0 radical (unpaired) electrons. The molecule has 8 nitrogen and oxygen atoms in total. The van der Waals surface area contributed by atoms with E-state index in [-0.39, 0.29) is 43.0 Å². The van der Waals surface area contributed by atoms with Crippen LogP contribution in [0.15, 0.2) is 18.2 Å². The molecule has 3 N–H and O–H groups in total. The summed E-state index contributed by atoms with van der Waals surface area (Å²) in [4.78, 5) is 33.7. The standard InChI is InChI=1S/C27H34N4O4/c1-16-20(15-32)10-18-12-31(26(28)24(18)29-16)14-22(33)17-9-19(13-30-8-6-5-7-23(30)34)25(35)21(11-17)27(2,3)4/h9-11,28,32,35H,5-8,12-15H2,1-4H3. The molecule has 2 aromatic rings. The number of fused-ring (bicyclic) bond motifs is 1. The van der Waals surface area contributed by atoms with E-state index in [0.29, 0.717) is 47.6 Å². The Morgan fingerprint density at radius 3 is 2.54 bits per heavy atom. The number of rotatable bonds is 6. The van der Waals surface area contributed by atoms with Gasteiger partial charge in [-0.15, -0.1) is 0 Å². The Morgan fingerprint density at radius 1 is 1.14 bits per heavy atom. The van der Waals surface area contributed by atoms with E-state index in [1.54, 1.807) is 28.9 Å². The SMILES string of the molecule is Cc1nc2c(cc1CO)CN(CC(=O)c1cc(CN3CCCCC3=O)c(O)c(C(C)(C)C)c1)C2=N. The van der Waals surface area contributed by atoms with Gasteiger partial charge in [0.05, 0.1) is 13.2 Å². The molecule has 1 aromatic carbocycles. The van der Waals surface area contributed by atoms with Crippen molar-refractivity contribution in [1.82, 2.24) is 14.8 Å². The van der Waals surface area contributed by atoms with Gasteiger partial charge < -0.3 is 20.0 Å². The van der Waals surface area contributed by atoms with Gasteiger partial charge in [0, 0.05) is 54.0 Å². The summed E-state index contributed by atoms with van der Waals surface area (Å²) in [5.41, 5.74) is 4.04. The molecular weight excluding hydrogens is 444 g/mol. The molecule has 2 aliphatic heterocycles. The van der Waals surface area contributed by atoms with Crippen molar-refractivity contribution in [1.29, 1.82) is 5.41 Å². The van der Waals surface area contributed by atoms with E-state index >= 15 is 0 Å². The number of Topliss-reactive ketones (excluding diaryl/α,β-unsaturated/α-hetero) is 1. The predicted molar refractivity (Wildman–Crippen MR) is 133 cm³/mol. The molecule has 0 bridgehead atoms. The molecule has 0 spiro atoms. The summed E-state index contributed by atoms with van der Waals surface area (Å²) in [6.45, 7) is 8.90. The average molecular weight is 479 g/mol. The van der Waals surface area contributed by atoms with Crippen LogP contribution in [0, 0.1) is 12.3 Å². The van der Waals surface area contributed by atoms with Crippen molar-refractivity contribution in [2.75, 3.05) is 13.1 Å². The fourth-order valence-corrected chi connectivity index (χ4v) is 4.80. The van der Waals surface area contributed by atoms with Gasteiger partial charge in [0.2, 0.25) is 5.91 Å². The fraction of sp³-hybridized carbons (Fsp3) is 0.481. The molecule has 0 unspecified atom stereocenters. The largest absolute Gasteiger partial charge is 0.507 e. The number of aliphatic hydroxyl groups is 1. The van der Waals surface area contributed by atoms with Crippen LogP contribution in [-0.4, -0.2) is 55.6 Å². The third kappa shape index (κ3) is 4.93. The van der Waals surface area contributed by atoms with Crippen molar-refractivity contribution in [2.24, 2.45) is 0 Å². The van der Waals surface area contributed by atoms with Gasteiger partial charge in [-0.05, 0) is 48.9 Å². The molecule has 0 saturated carbocycles. The van der Waals surface area contributed by atoms with Crippen molar-refractivity contribution < 1.29 is 19.8 Å². The van der Waals surface area contributed by atoms with Crippen molar-refractivity contribution >= 4 is 17.5 Å². The minimum Gasteiger partial charge on any atom is -0.507 e. The molecule has 35 heavy (non-hydrogen) atoms. The Labute approximate surface area is 206 Å². The lowest BCUT2D eigenvalue weighted by Crippen LogP contribution is -2.35. The van der Waals surface area contributed by atoms with Gasteiger partial charge in [0.15, 0.2) is 5.78 Å². The normalized spacial score (nSPS) is 16.1. The summed E-state index contributed by atoms with van der Waals surface area (Å²) in [6, 6.07) is 5.27. The van der Waals surface area contributed by atoms with Crippen LogP contribution < -0.4 is 0 Å². The van der Waals surface area contributed by atoms with E-state index in [9.17, 15) is 19.8 Å². The highest BCUT2D eigenvalue weighted by Crippen LogP contribution is 2.36. The van der Waals surface area contributed by atoms with Crippen LogP contribution in [0.1, 0.15) is 84.0 Å². The molecule has 0 atom stereocenters. The topological polar surface area (TPSA) is 118 Å². The predicted octanol–water partition coefficient (Wildman–Crippen LogP) is 3.42. The first-order valence-electron chi connectivity index (χ1n) is 12.1. The number of pyridine rings is 1. The monoisotopic (exact) mass is 478 g/mol. The Bertz CT molecular complexity index is 1200. The smallest absolute Gasteiger partial charge is 0.222 e. The number of aromatic nitrogens is 1. The number of piperidine rings is 1. The molecule has 1 aromatic heterocycles. The molecular formula is C27H34N4O4. The number of aryl methyl sites for hydroxylation is 1. The van der Waals surface area contributed by atoms with Crippen LogP contribution in [0.2, 0.25) is 0 Å². The second-order valence-corrected chi connectivity index (χ2v) is 10.6. The summed E-state index contributed by atoms with van der Waals surface area (Å²) < 4.78 is 0. The number of amidine groups is 1. The first-order chi connectivity index (χ1) is 16.5. The highest BCUT2D eigenvalue weighted by Gasteiger charge is 2.30.